The summed E-state index contributed by atoms with van der Waals surface area (Å²) in [6.07, 6.45) is 2.23. The van der Waals surface area contributed by atoms with Crippen LogP contribution in [0.25, 0.3) is 0 Å². The van der Waals surface area contributed by atoms with E-state index in [9.17, 15) is 0 Å². The Balaban J connectivity index is 2.50. The van der Waals surface area contributed by atoms with Gasteiger partial charge in [-0.25, -0.2) is 0 Å². The van der Waals surface area contributed by atoms with Crippen LogP contribution in [0.3, 0.4) is 0 Å². The van der Waals surface area contributed by atoms with Gasteiger partial charge < -0.3 is 10.1 Å². The van der Waals surface area contributed by atoms with Gasteiger partial charge in [-0.05, 0) is 49.5 Å². The molecule has 2 nitrogen and oxygen atoms in total. The monoisotopic (exact) mass is 255 g/mol. The molecule has 96 valence electrons. The highest BCUT2D eigenvalue weighted by molar-refractivity contribution is 6.32. The minimum absolute atomic E-state index is 0.618. The van der Waals surface area contributed by atoms with Crippen molar-refractivity contribution in [3.8, 4) is 5.75 Å². The number of hydrogen-bond acceptors (Lipinski definition) is 2. The van der Waals surface area contributed by atoms with Crippen molar-refractivity contribution in [2.75, 3.05) is 20.2 Å². The standard InChI is InChI=1S/C14H22ClNO/c1-4-7-16-10-11(2)8-12-5-6-13(15)14(9-12)17-3/h5-6,9,11,16H,4,7-8,10H2,1-3H3. The SMILES string of the molecule is CCCNCC(C)Cc1ccc(Cl)c(OC)c1. The van der Waals surface area contributed by atoms with E-state index in [0.717, 1.165) is 25.3 Å². The van der Waals surface area contributed by atoms with E-state index >= 15 is 0 Å². The molecule has 0 aliphatic carbocycles. The Morgan fingerprint density at radius 2 is 2.18 bits per heavy atom. The lowest BCUT2D eigenvalue weighted by atomic mass is 10.0. The Kier molecular flexibility index (Phi) is 6.38. The Morgan fingerprint density at radius 3 is 2.82 bits per heavy atom. The summed E-state index contributed by atoms with van der Waals surface area (Å²) >= 11 is 6.00. The van der Waals surface area contributed by atoms with Crippen LogP contribution in [0, 0.1) is 5.92 Å². The third-order valence-corrected chi connectivity index (χ3v) is 3.03. The van der Waals surface area contributed by atoms with E-state index in [4.69, 9.17) is 16.3 Å². The van der Waals surface area contributed by atoms with Gasteiger partial charge in [-0.3, -0.25) is 0 Å². The number of benzene rings is 1. The molecule has 0 aromatic heterocycles. The van der Waals surface area contributed by atoms with Crippen molar-refractivity contribution in [1.82, 2.24) is 5.32 Å². The Bertz CT molecular complexity index is 341. The second kappa shape index (κ2) is 7.57. The molecule has 0 spiro atoms. The van der Waals surface area contributed by atoms with Crippen LogP contribution in [0.15, 0.2) is 18.2 Å². The largest absolute Gasteiger partial charge is 0.495 e. The van der Waals surface area contributed by atoms with Crippen molar-refractivity contribution >= 4 is 11.6 Å². The van der Waals surface area contributed by atoms with Crippen molar-refractivity contribution in [3.63, 3.8) is 0 Å². The maximum absolute atomic E-state index is 6.00. The molecule has 0 fully saturated rings. The normalized spacial score (nSPS) is 12.5. The van der Waals surface area contributed by atoms with Gasteiger partial charge in [0.15, 0.2) is 0 Å². The van der Waals surface area contributed by atoms with E-state index in [-0.39, 0.29) is 0 Å². The molecule has 0 saturated carbocycles. The molecule has 1 atom stereocenters. The van der Waals surface area contributed by atoms with Gasteiger partial charge in [0.1, 0.15) is 5.75 Å². The fourth-order valence-corrected chi connectivity index (χ4v) is 2.03. The lowest BCUT2D eigenvalue weighted by Gasteiger charge is -2.13. The van der Waals surface area contributed by atoms with Gasteiger partial charge in [0.2, 0.25) is 0 Å². The van der Waals surface area contributed by atoms with Crippen LogP contribution in [-0.4, -0.2) is 20.2 Å². The fourth-order valence-electron chi connectivity index (χ4n) is 1.83. The zero-order valence-corrected chi connectivity index (χ0v) is 11.7. The van der Waals surface area contributed by atoms with Gasteiger partial charge in [-0.2, -0.15) is 0 Å². The minimum Gasteiger partial charge on any atom is -0.495 e. The van der Waals surface area contributed by atoms with Gasteiger partial charge in [-0.15, -0.1) is 0 Å². The fraction of sp³-hybridized carbons (Fsp3) is 0.571. The molecule has 1 aromatic carbocycles. The summed E-state index contributed by atoms with van der Waals surface area (Å²) in [6, 6.07) is 6.00. The van der Waals surface area contributed by atoms with Crippen LogP contribution in [0.5, 0.6) is 5.75 Å². The van der Waals surface area contributed by atoms with E-state index in [1.807, 2.05) is 12.1 Å². The average molecular weight is 256 g/mol. The van der Waals surface area contributed by atoms with E-state index in [1.54, 1.807) is 7.11 Å². The number of methoxy groups -OCH3 is 1. The van der Waals surface area contributed by atoms with Gasteiger partial charge in [0.05, 0.1) is 12.1 Å². The van der Waals surface area contributed by atoms with E-state index < -0.39 is 0 Å². The maximum Gasteiger partial charge on any atom is 0.137 e. The summed E-state index contributed by atoms with van der Waals surface area (Å²) in [7, 11) is 1.65. The predicted octanol–water partition coefficient (Wildman–Crippen LogP) is 3.53. The van der Waals surface area contributed by atoms with Crippen LogP contribution in [-0.2, 0) is 6.42 Å². The van der Waals surface area contributed by atoms with Gasteiger partial charge in [0.25, 0.3) is 0 Å². The number of hydrogen-bond donors (Lipinski definition) is 1. The second-order valence-electron chi connectivity index (χ2n) is 4.48. The molecule has 0 amide bonds. The molecular weight excluding hydrogens is 234 g/mol. The summed E-state index contributed by atoms with van der Waals surface area (Å²) in [5, 5.41) is 4.11. The van der Waals surface area contributed by atoms with Crippen LogP contribution in [0.1, 0.15) is 25.8 Å². The summed E-state index contributed by atoms with van der Waals surface area (Å²) in [6.45, 7) is 6.58. The molecule has 17 heavy (non-hydrogen) atoms. The summed E-state index contributed by atoms with van der Waals surface area (Å²) < 4.78 is 5.22. The molecule has 0 radical (unpaired) electrons. The molecule has 0 aliphatic rings. The third-order valence-electron chi connectivity index (χ3n) is 2.72. The zero-order chi connectivity index (χ0) is 12.7. The molecule has 1 unspecified atom stereocenters. The second-order valence-corrected chi connectivity index (χ2v) is 4.89. The van der Waals surface area contributed by atoms with Crippen LogP contribution < -0.4 is 10.1 Å². The Labute approximate surface area is 109 Å². The zero-order valence-electron chi connectivity index (χ0n) is 10.9. The molecular formula is C14H22ClNO. The number of ether oxygens (including phenoxy) is 1. The first-order valence-corrected chi connectivity index (χ1v) is 6.58. The molecule has 0 heterocycles. The predicted molar refractivity (Wildman–Crippen MR) is 74.0 cm³/mol. The van der Waals surface area contributed by atoms with Crippen molar-refractivity contribution in [2.45, 2.75) is 26.7 Å². The van der Waals surface area contributed by atoms with Crippen LogP contribution >= 0.6 is 11.6 Å². The van der Waals surface area contributed by atoms with Gasteiger partial charge in [-0.1, -0.05) is 31.5 Å². The summed E-state index contributed by atoms with van der Waals surface area (Å²) in [5.41, 5.74) is 1.28. The van der Waals surface area contributed by atoms with Crippen molar-refractivity contribution < 1.29 is 4.74 Å². The first-order valence-electron chi connectivity index (χ1n) is 6.20. The van der Waals surface area contributed by atoms with Crippen molar-refractivity contribution in [3.05, 3.63) is 28.8 Å². The average Bonchev–Trinajstić information content (AvgIpc) is 2.32. The number of rotatable bonds is 7. The highest BCUT2D eigenvalue weighted by atomic mass is 35.5. The maximum atomic E-state index is 6.00. The molecule has 0 saturated heterocycles. The van der Waals surface area contributed by atoms with Gasteiger partial charge >= 0.3 is 0 Å². The topological polar surface area (TPSA) is 21.3 Å². The Morgan fingerprint density at radius 1 is 1.41 bits per heavy atom. The van der Waals surface area contributed by atoms with E-state index in [1.165, 1.54) is 12.0 Å². The highest BCUT2D eigenvalue weighted by Gasteiger charge is 2.06. The number of nitrogens with one attached hydrogen (secondary N) is 1. The smallest absolute Gasteiger partial charge is 0.137 e. The number of halogens is 1. The summed E-state index contributed by atoms with van der Waals surface area (Å²) in [4.78, 5) is 0. The highest BCUT2D eigenvalue weighted by Crippen LogP contribution is 2.25. The summed E-state index contributed by atoms with van der Waals surface area (Å²) in [5.74, 6) is 1.38. The Hall–Kier alpha value is -0.730. The first-order chi connectivity index (χ1) is 8.17. The molecule has 1 rings (SSSR count). The molecule has 0 aliphatic heterocycles. The van der Waals surface area contributed by atoms with Crippen LogP contribution in [0.4, 0.5) is 0 Å². The van der Waals surface area contributed by atoms with E-state index in [2.05, 4.69) is 25.2 Å². The molecule has 1 N–H and O–H groups in total. The van der Waals surface area contributed by atoms with Crippen molar-refractivity contribution in [2.24, 2.45) is 5.92 Å². The molecule has 0 bridgehead atoms. The third kappa shape index (κ3) is 4.97. The molecule has 3 heteroatoms. The van der Waals surface area contributed by atoms with E-state index in [0.29, 0.717) is 10.9 Å². The van der Waals surface area contributed by atoms with Crippen LogP contribution in [0.2, 0.25) is 5.02 Å². The first kappa shape index (κ1) is 14.3. The lowest BCUT2D eigenvalue weighted by Crippen LogP contribution is -2.23. The quantitative estimate of drug-likeness (QED) is 0.753. The van der Waals surface area contributed by atoms with Gasteiger partial charge in [0, 0.05) is 0 Å². The van der Waals surface area contributed by atoms with Crippen molar-refractivity contribution in [1.29, 1.82) is 0 Å². The minimum atomic E-state index is 0.618. The molecule has 1 aromatic rings. The lowest BCUT2D eigenvalue weighted by molar-refractivity contribution is 0.414.